The lowest BCUT2D eigenvalue weighted by atomic mass is 10.1. The number of alkyl halides is 4. The van der Waals surface area contributed by atoms with Crippen molar-refractivity contribution in [2.24, 2.45) is 0 Å². The van der Waals surface area contributed by atoms with Gasteiger partial charge in [0.1, 0.15) is 0 Å². The molecule has 0 aromatic carbocycles. The lowest BCUT2D eigenvalue weighted by Gasteiger charge is -2.24. The van der Waals surface area contributed by atoms with E-state index in [2.05, 4.69) is 15.9 Å². The molecule has 1 aliphatic rings. The molecule has 15 heavy (non-hydrogen) atoms. The van der Waals surface area contributed by atoms with Crippen LogP contribution in [0.1, 0.15) is 32.1 Å². The van der Waals surface area contributed by atoms with Crippen molar-refractivity contribution in [3.8, 4) is 0 Å². The molecule has 1 rings (SSSR count). The van der Waals surface area contributed by atoms with Gasteiger partial charge in [-0.25, -0.2) is 0 Å². The van der Waals surface area contributed by atoms with E-state index in [9.17, 15) is 13.2 Å². The normalized spacial score (nSPS) is 23.6. The summed E-state index contributed by atoms with van der Waals surface area (Å²) in [6.45, 7) is 1.01. The first-order valence-electron chi connectivity index (χ1n) is 5.39. The number of halogens is 4. The molecule has 1 saturated heterocycles. The van der Waals surface area contributed by atoms with E-state index in [1.807, 2.05) is 4.90 Å². The summed E-state index contributed by atoms with van der Waals surface area (Å²) in [4.78, 5) is 2.00. The number of rotatable bonds is 5. The zero-order valence-corrected chi connectivity index (χ0v) is 10.3. The lowest BCUT2D eigenvalue weighted by Crippen LogP contribution is -2.32. The summed E-state index contributed by atoms with van der Waals surface area (Å²) in [5.74, 6) is 0. The Labute approximate surface area is 97.1 Å². The fraction of sp³-hybridized carbons (Fsp3) is 1.00. The van der Waals surface area contributed by atoms with Gasteiger partial charge in [0, 0.05) is 17.9 Å². The maximum absolute atomic E-state index is 12.1. The summed E-state index contributed by atoms with van der Waals surface area (Å²) in [6, 6.07) is 0.380. The van der Waals surface area contributed by atoms with Crippen molar-refractivity contribution in [2.45, 2.75) is 44.3 Å². The Kier molecular flexibility index (Phi) is 5.39. The quantitative estimate of drug-likeness (QED) is 0.699. The fourth-order valence-electron chi connectivity index (χ4n) is 2.10. The van der Waals surface area contributed by atoms with Gasteiger partial charge in [0.05, 0.1) is 6.42 Å². The van der Waals surface area contributed by atoms with E-state index >= 15 is 0 Å². The van der Waals surface area contributed by atoms with E-state index in [0.717, 1.165) is 37.6 Å². The molecular weight excluding hydrogens is 271 g/mol. The molecular formula is C10H17BrF3N. The van der Waals surface area contributed by atoms with Crippen molar-refractivity contribution in [1.29, 1.82) is 0 Å². The van der Waals surface area contributed by atoms with Gasteiger partial charge in [0.15, 0.2) is 0 Å². The first-order chi connectivity index (χ1) is 7.03. The highest BCUT2D eigenvalue weighted by Crippen LogP contribution is 2.25. The van der Waals surface area contributed by atoms with E-state index in [4.69, 9.17) is 0 Å². The Morgan fingerprint density at radius 1 is 1.33 bits per heavy atom. The Bertz CT molecular complexity index is 184. The van der Waals surface area contributed by atoms with Gasteiger partial charge in [-0.05, 0) is 32.2 Å². The van der Waals surface area contributed by atoms with Gasteiger partial charge >= 0.3 is 6.18 Å². The number of hydrogen-bond donors (Lipinski definition) is 0. The molecule has 0 amide bonds. The first-order valence-corrected chi connectivity index (χ1v) is 6.52. The van der Waals surface area contributed by atoms with Crippen molar-refractivity contribution in [3.05, 3.63) is 0 Å². The average Bonchev–Trinajstić information content (AvgIpc) is 2.57. The highest BCUT2D eigenvalue weighted by Gasteiger charge is 2.31. The molecule has 1 unspecified atom stereocenters. The van der Waals surface area contributed by atoms with Crippen molar-refractivity contribution in [3.63, 3.8) is 0 Å². The largest absolute Gasteiger partial charge is 0.390 e. The van der Waals surface area contributed by atoms with Gasteiger partial charge in [-0.3, -0.25) is 0 Å². The lowest BCUT2D eigenvalue weighted by molar-refractivity contribution is -0.138. The summed E-state index contributed by atoms with van der Waals surface area (Å²) in [5, 5.41) is 0.941. The fourth-order valence-corrected chi connectivity index (χ4v) is 2.42. The van der Waals surface area contributed by atoms with E-state index < -0.39 is 12.6 Å². The van der Waals surface area contributed by atoms with Crippen molar-refractivity contribution in [2.75, 3.05) is 18.4 Å². The third-order valence-electron chi connectivity index (χ3n) is 2.85. The molecule has 0 N–H and O–H groups in total. The predicted molar refractivity (Wildman–Crippen MR) is 58.3 cm³/mol. The van der Waals surface area contributed by atoms with E-state index in [-0.39, 0.29) is 6.54 Å². The maximum atomic E-state index is 12.1. The maximum Gasteiger partial charge on any atom is 0.390 e. The standard InChI is InChI=1S/C10H17BrF3N/c11-6-1-3-9-4-2-7-15(9)8-5-10(12,13)14/h9H,1-8H2. The van der Waals surface area contributed by atoms with Crippen LogP contribution in [0.4, 0.5) is 13.2 Å². The second-order valence-corrected chi connectivity index (χ2v) is 4.82. The molecule has 0 aliphatic carbocycles. The SMILES string of the molecule is FC(F)(F)CCN1CCCC1CCCBr. The number of likely N-dealkylation sites (tertiary alicyclic amines) is 1. The minimum atomic E-state index is -4.01. The average molecular weight is 288 g/mol. The molecule has 1 aliphatic heterocycles. The Morgan fingerprint density at radius 2 is 2.07 bits per heavy atom. The molecule has 1 fully saturated rings. The topological polar surface area (TPSA) is 3.24 Å². The van der Waals surface area contributed by atoms with Crippen LogP contribution in [0.2, 0.25) is 0 Å². The molecule has 90 valence electrons. The first kappa shape index (κ1) is 13.3. The zero-order chi connectivity index (χ0) is 11.3. The summed E-state index contributed by atoms with van der Waals surface area (Å²) >= 11 is 3.35. The Morgan fingerprint density at radius 3 is 2.67 bits per heavy atom. The molecule has 1 atom stereocenters. The summed E-state index contributed by atoms with van der Waals surface area (Å²) in [6.07, 6.45) is -0.508. The summed E-state index contributed by atoms with van der Waals surface area (Å²) in [7, 11) is 0. The molecule has 5 heteroatoms. The number of hydrogen-bond acceptors (Lipinski definition) is 1. The molecule has 0 aromatic rings. The summed E-state index contributed by atoms with van der Waals surface area (Å²) in [5.41, 5.74) is 0. The Hall–Kier alpha value is 0.230. The van der Waals surface area contributed by atoms with Gasteiger partial charge in [-0.2, -0.15) is 13.2 Å². The van der Waals surface area contributed by atoms with Gasteiger partial charge in [-0.1, -0.05) is 15.9 Å². The van der Waals surface area contributed by atoms with E-state index in [1.54, 1.807) is 0 Å². The molecule has 0 aromatic heterocycles. The second-order valence-electron chi connectivity index (χ2n) is 4.03. The van der Waals surface area contributed by atoms with Crippen LogP contribution in [0.3, 0.4) is 0 Å². The minimum Gasteiger partial charge on any atom is -0.300 e. The second kappa shape index (κ2) is 6.09. The van der Waals surface area contributed by atoms with Crippen LogP contribution in [0.15, 0.2) is 0 Å². The minimum absolute atomic E-state index is 0.177. The smallest absolute Gasteiger partial charge is 0.300 e. The Balaban J connectivity index is 2.27. The molecule has 1 heterocycles. The van der Waals surface area contributed by atoms with Crippen LogP contribution in [0.5, 0.6) is 0 Å². The number of nitrogens with zero attached hydrogens (tertiary/aromatic N) is 1. The van der Waals surface area contributed by atoms with Crippen LogP contribution >= 0.6 is 15.9 Å². The van der Waals surface area contributed by atoms with Gasteiger partial charge < -0.3 is 4.90 Å². The van der Waals surface area contributed by atoms with Gasteiger partial charge in [0.2, 0.25) is 0 Å². The van der Waals surface area contributed by atoms with Gasteiger partial charge in [0.25, 0.3) is 0 Å². The molecule has 0 spiro atoms. The predicted octanol–water partition coefficient (Wildman–Crippen LogP) is 3.58. The summed E-state index contributed by atoms with van der Waals surface area (Å²) < 4.78 is 36.2. The van der Waals surface area contributed by atoms with Crippen molar-refractivity contribution >= 4 is 15.9 Å². The van der Waals surface area contributed by atoms with E-state index in [1.165, 1.54) is 0 Å². The zero-order valence-electron chi connectivity index (χ0n) is 8.69. The molecule has 0 radical (unpaired) electrons. The third-order valence-corrected chi connectivity index (χ3v) is 3.41. The molecule has 0 saturated carbocycles. The highest BCUT2D eigenvalue weighted by atomic mass is 79.9. The van der Waals surface area contributed by atoms with Crippen molar-refractivity contribution in [1.82, 2.24) is 4.90 Å². The van der Waals surface area contributed by atoms with Gasteiger partial charge in [-0.15, -0.1) is 0 Å². The van der Waals surface area contributed by atoms with Crippen LogP contribution in [-0.2, 0) is 0 Å². The molecule has 0 bridgehead atoms. The van der Waals surface area contributed by atoms with Crippen LogP contribution < -0.4 is 0 Å². The highest BCUT2D eigenvalue weighted by molar-refractivity contribution is 9.09. The van der Waals surface area contributed by atoms with E-state index in [0.29, 0.717) is 6.04 Å². The third kappa shape index (κ3) is 5.20. The van der Waals surface area contributed by atoms with Crippen LogP contribution in [0.25, 0.3) is 0 Å². The molecule has 1 nitrogen and oxygen atoms in total. The van der Waals surface area contributed by atoms with Crippen LogP contribution in [-0.4, -0.2) is 35.5 Å². The van der Waals surface area contributed by atoms with Crippen molar-refractivity contribution < 1.29 is 13.2 Å². The van der Waals surface area contributed by atoms with Crippen LogP contribution in [0, 0.1) is 0 Å². The monoisotopic (exact) mass is 287 g/mol.